The highest BCUT2D eigenvalue weighted by Crippen LogP contribution is 2.32. The van der Waals surface area contributed by atoms with Crippen LogP contribution in [-0.2, 0) is 20.7 Å². The van der Waals surface area contributed by atoms with Gasteiger partial charge < -0.3 is 9.47 Å². The molecule has 0 aliphatic carbocycles. The Bertz CT molecular complexity index is 526. The predicted octanol–water partition coefficient (Wildman–Crippen LogP) is 3.54. The van der Waals surface area contributed by atoms with Crippen LogP contribution in [0.15, 0.2) is 24.3 Å². The number of hydrogen-bond acceptors (Lipinski definition) is 4. The SMILES string of the molecule is CCC(C)(OC#N)c1cccc(C(C)(C)OC#N)c1. The van der Waals surface area contributed by atoms with Crippen molar-refractivity contribution in [3.05, 3.63) is 35.4 Å². The first-order valence-corrected chi connectivity index (χ1v) is 6.15. The lowest BCUT2D eigenvalue weighted by Crippen LogP contribution is -2.25. The third-order valence-electron chi connectivity index (χ3n) is 3.41. The zero-order valence-electron chi connectivity index (χ0n) is 11.7. The molecule has 100 valence electrons. The maximum atomic E-state index is 8.77. The van der Waals surface area contributed by atoms with E-state index in [0.29, 0.717) is 6.42 Å². The van der Waals surface area contributed by atoms with Gasteiger partial charge in [0.1, 0.15) is 11.2 Å². The zero-order chi connectivity index (χ0) is 14.5. The largest absolute Gasteiger partial charge is 0.417 e. The Balaban J connectivity index is 3.21. The summed E-state index contributed by atoms with van der Waals surface area (Å²) >= 11 is 0. The third-order valence-corrected chi connectivity index (χ3v) is 3.41. The summed E-state index contributed by atoms with van der Waals surface area (Å²) in [6, 6.07) is 7.59. The van der Waals surface area contributed by atoms with Gasteiger partial charge in [0.15, 0.2) is 0 Å². The van der Waals surface area contributed by atoms with E-state index in [-0.39, 0.29) is 0 Å². The highest BCUT2D eigenvalue weighted by atomic mass is 16.5. The molecule has 4 heteroatoms. The Kier molecular flexibility index (Phi) is 4.40. The van der Waals surface area contributed by atoms with Gasteiger partial charge >= 0.3 is 0 Å². The van der Waals surface area contributed by atoms with Crippen LogP contribution in [0.2, 0.25) is 0 Å². The second-order valence-corrected chi connectivity index (χ2v) is 5.06. The van der Waals surface area contributed by atoms with Crippen LogP contribution in [-0.4, -0.2) is 0 Å². The molecule has 0 saturated heterocycles. The molecule has 0 amide bonds. The van der Waals surface area contributed by atoms with Crippen LogP contribution in [0.3, 0.4) is 0 Å². The van der Waals surface area contributed by atoms with E-state index in [1.165, 1.54) is 0 Å². The molecule has 1 atom stereocenters. The smallest absolute Gasteiger partial charge is 0.287 e. The molecule has 0 aromatic heterocycles. The van der Waals surface area contributed by atoms with E-state index in [2.05, 4.69) is 0 Å². The summed E-state index contributed by atoms with van der Waals surface area (Å²) in [6.45, 7) is 7.47. The average Bonchev–Trinajstić information content (AvgIpc) is 2.39. The van der Waals surface area contributed by atoms with E-state index >= 15 is 0 Å². The maximum Gasteiger partial charge on any atom is 0.287 e. The van der Waals surface area contributed by atoms with Gasteiger partial charge in [0.2, 0.25) is 0 Å². The number of nitrogens with zero attached hydrogens (tertiary/aromatic N) is 2. The van der Waals surface area contributed by atoms with Gasteiger partial charge in [-0.05, 0) is 44.4 Å². The first-order chi connectivity index (χ1) is 8.89. The quantitative estimate of drug-likeness (QED) is 0.757. The second-order valence-electron chi connectivity index (χ2n) is 5.06. The molecule has 0 radical (unpaired) electrons. The molecule has 0 aliphatic rings. The molecular weight excluding hydrogens is 240 g/mol. The third kappa shape index (κ3) is 3.17. The van der Waals surface area contributed by atoms with Gasteiger partial charge in [-0.1, -0.05) is 25.1 Å². The number of rotatable bonds is 5. The van der Waals surface area contributed by atoms with Crippen LogP contribution < -0.4 is 0 Å². The monoisotopic (exact) mass is 258 g/mol. The Morgan fingerprint density at radius 3 is 2.16 bits per heavy atom. The van der Waals surface area contributed by atoms with Crippen LogP contribution in [0.1, 0.15) is 45.2 Å². The normalized spacial score (nSPS) is 13.8. The minimum atomic E-state index is -0.702. The first-order valence-electron chi connectivity index (χ1n) is 6.15. The van der Waals surface area contributed by atoms with E-state index in [4.69, 9.17) is 20.0 Å². The van der Waals surface area contributed by atoms with Crippen molar-refractivity contribution in [2.75, 3.05) is 0 Å². The Labute approximate surface area is 114 Å². The van der Waals surface area contributed by atoms with Crippen molar-refractivity contribution in [1.82, 2.24) is 0 Å². The number of ether oxygens (including phenoxy) is 2. The topological polar surface area (TPSA) is 66.0 Å². The molecular formula is C15H18N2O2. The fourth-order valence-corrected chi connectivity index (χ4v) is 1.83. The maximum absolute atomic E-state index is 8.77. The summed E-state index contributed by atoms with van der Waals surface area (Å²) in [5, 5.41) is 17.5. The number of hydrogen-bond donors (Lipinski definition) is 0. The molecule has 1 unspecified atom stereocenters. The van der Waals surface area contributed by atoms with Crippen molar-refractivity contribution < 1.29 is 9.47 Å². The average molecular weight is 258 g/mol. The molecule has 19 heavy (non-hydrogen) atoms. The van der Waals surface area contributed by atoms with E-state index in [1.807, 2.05) is 52.0 Å². The fourth-order valence-electron chi connectivity index (χ4n) is 1.83. The van der Waals surface area contributed by atoms with Crippen molar-refractivity contribution in [3.8, 4) is 12.5 Å². The number of nitriles is 2. The van der Waals surface area contributed by atoms with Gasteiger partial charge in [0.25, 0.3) is 12.5 Å². The zero-order valence-corrected chi connectivity index (χ0v) is 11.7. The fraction of sp³-hybridized carbons (Fsp3) is 0.467. The molecule has 4 nitrogen and oxygen atoms in total. The minimum absolute atomic E-state index is 0.659. The van der Waals surface area contributed by atoms with E-state index < -0.39 is 11.2 Å². The van der Waals surface area contributed by atoms with Gasteiger partial charge in [-0.25, -0.2) is 0 Å². The van der Waals surface area contributed by atoms with E-state index in [9.17, 15) is 0 Å². The summed E-state index contributed by atoms with van der Waals surface area (Å²) in [6.07, 6.45) is 4.15. The Hall–Kier alpha value is -2.20. The van der Waals surface area contributed by atoms with E-state index in [1.54, 1.807) is 12.5 Å². The molecule has 0 bridgehead atoms. The van der Waals surface area contributed by atoms with Gasteiger partial charge in [-0.15, -0.1) is 0 Å². The van der Waals surface area contributed by atoms with Crippen LogP contribution in [0.4, 0.5) is 0 Å². The van der Waals surface area contributed by atoms with Gasteiger partial charge in [-0.3, -0.25) is 0 Å². The molecule has 0 fully saturated rings. The minimum Gasteiger partial charge on any atom is -0.417 e. The Morgan fingerprint density at radius 1 is 1.05 bits per heavy atom. The lowest BCUT2D eigenvalue weighted by atomic mass is 9.88. The van der Waals surface area contributed by atoms with Crippen molar-refractivity contribution >= 4 is 0 Å². The van der Waals surface area contributed by atoms with Crippen LogP contribution >= 0.6 is 0 Å². The lowest BCUT2D eigenvalue weighted by Gasteiger charge is -2.28. The highest BCUT2D eigenvalue weighted by Gasteiger charge is 2.29. The molecule has 0 spiro atoms. The molecule has 1 aromatic rings. The first kappa shape index (κ1) is 14.9. The molecule has 1 aromatic carbocycles. The van der Waals surface area contributed by atoms with Crippen molar-refractivity contribution in [2.24, 2.45) is 0 Å². The van der Waals surface area contributed by atoms with Crippen molar-refractivity contribution in [1.29, 1.82) is 10.5 Å². The van der Waals surface area contributed by atoms with Gasteiger partial charge in [-0.2, -0.15) is 10.5 Å². The Morgan fingerprint density at radius 2 is 1.63 bits per heavy atom. The summed E-state index contributed by atoms with van der Waals surface area (Å²) in [5.74, 6) is 0. The van der Waals surface area contributed by atoms with Gasteiger partial charge in [0.05, 0.1) is 0 Å². The standard InChI is InChI=1S/C15H18N2O2/c1-5-15(4,19-11-17)13-8-6-7-12(9-13)14(2,3)18-10-16/h6-9H,5H2,1-4H3. The second kappa shape index (κ2) is 5.63. The summed E-state index contributed by atoms with van der Waals surface area (Å²) in [4.78, 5) is 0. The molecule has 0 aliphatic heterocycles. The number of benzene rings is 1. The van der Waals surface area contributed by atoms with Crippen molar-refractivity contribution in [2.45, 2.75) is 45.3 Å². The van der Waals surface area contributed by atoms with Crippen LogP contribution in [0, 0.1) is 23.0 Å². The van der Waals surface area contributed by atoms with Gasteiger partial charge in [0, 0.05) is 0 Å². The molecule has 0 heterocycles. The molecule has 0 saturated carbocycles. The summed E-state index contributed by atoms with van der Waals surface area (Å²) in [7, 11) is 0. The summed E-state index contributed by atoms with van der Waals surface area (Å²) < 4.78 is 10.3. The highest BCUT2D eigenvalue weighted by molar-refractivity contribution is 5.31. The van der Waals surface area contributed by atoms with Crippen LogP contribution in [0.25, 0.3) is 0 Å². The van der Waals surface area contributed by atoms with Crippen LogP contribution in [0.5, 0.6) is 0 Å². The van der Waals surface area contributed by atoms with E-state index in [0.717, 1.165) is 11.1 Å². The predicted molar refractivity (Wildman–Crippen MR) is 70.5 cm³/mol. The lowest BCUT2D eigenvalue weighted by molar-refractivity contribution is 0.0446. The summed E-state index contributed by atoms with van der Waals surface area (Å²) in [5.41, 5.74) is 0.399. The molecule has 0 N–H and O–H groups in total. The van der Waals surface area contributed by atoms with Crippen molar-refractivity contribution in [3.63, 3.8) is 0 Å². The molecule has 1 rings (SSSR count).